The Balaban J connectivity index is 1.80. The summed E-state index contributed by atoms with van der Waals surface area (Å²) in [4.78, 5) is 12.9. The summed E-state index contributed by atoms with van der Waals surface area (Å²) in [7, 11) is 5.25. The maximum absolute atomic E-state index is 12.9. The van der Waals surface area contributed by atoms with Crippen LogP contribution in [0.4, 0.5) is 0 Å². The summed E-state index contributed by atoms with van der Waals surface area (Å²) in [5.41, 5.74) is 3.78. The molecule has 0 amide bonds. The van der Waals surface area contributed by atoms with Crippen molar-refractivity contribution in [3.8, 4) is 28.4 Å². The third-order valence-electron chi connectivity index (χ3n) is 7.51. The molecule has 3 aromatic rings. The summed E-state index contributed by atoms with van der Waals surface area (Å²) in [5, 5.41) is 34.3. The molecule has 1 fully saturated rings. The molecule has 36 heavy (non-hydrogen) atoms. The van der Waals surface area contributed by atoms with Gasteiger partial charge in [-0.25, -0.2) is 0 Å². The van der Waals surface area contributed by atoms with Crippen LogP contribution in [0.15, 0.2) is 42.5 Å². The van der Waals surface area contributed by atoms with E-state index in [4.69, 9.17) is 4.74 Å². The van der Waals surface area contributed by atoms with E-state index >= 15 is 0 Å². The minimum atomic E-state index is -0.628. The van der Waals surface area contributed by atoms with Crippen LogP contribution in [0.5, 0.6) is 17.2 Å². The zero-order valence-corrected chi connectivity index (χ0v) is 22.0. The maximum atomic E-state index is 12.9. The zero-order valence-electron chi connectivity index (χ0n) is 20.4. The molecule has 7 heteroatoms. The third kappa shape index (κ3) is 5.06. The number of fused-ring (bicyclic) bond motifs is 9. The van der Waals surface area contributed by atoms with Crippen molar-refractivity contribution in [1.82, 2.24) is 0 Å². The first-order valence-corrected chi connectivity index (χ1v) is 15.0. The molecule has 3 aromatic carbocycles. The molecule has 190 valence electrons. The third-order valence-corrected chi connectivity index (χ3v) is 10.4. The molecule has 0 unspecified atom stereocenters. The number of aliphatic hydroxyl groups excluding tert-OH is 1. The van der Waals surface area contributed by atoms with Gasteiger partial charge in [-0.1, -0.05) is 45.9 Å². The summed E-state index contributed by atoms with van der Waals surface area (Å²) < 4.78 is 5.74. The van der Waals surface area contributed by atoms with E-state index < -0.39 is 6.10 Å². The predicted octanol–water partition coefficient (Wildman–Crippen LogP) is 6.81. The van der Waals surface area contributed by atoms with Crippen LogP contribution >= 0.6 is 21.6 Å². The minimum absolute atomic E-state index is 0.0563. The van der Waals surface area contributed by atoms with Gasteiger partial charge in [-0.2, -0.15) is 0 Å². The maximum Gasteiger partial charge on any atom is 0.168 e. The summed E-state index contributed by atoms with van der Waals surface area (Å²) in [6.07, 6.45) is 3.96. The second-order valence-electron chi connectivity index (χ2n) is 9.78. The number of phenols is 2. The first-order valence-electron chi connectivity index (χ1n) is 12.6. The molecule has 1 heterocycles. The predicted molar refractivity (Wildman–Crippen MR) is 148 cm³/mol. The molecule has 1 saturated heterocycles. The van der Waals surface area contributed by atoms with Gasteiger partial charge in [0, 0.05) is 29.4 Å². The van der Waals surface area contributed by atoms with Crippen LogP contribution < -0.4 is 4.74 Å². The number of Topliss-reactive ketones (excluding diaryl/α,β-unsaturated/α-hetero) is 1. The van der Waals surface area contributed by atoms with Crippen LogP contribution in [0, 0.1) is 5.92 Å². The Morgan fingerprint density at radius 3 is 2.67 bits per heavy atom. The van der Waals surface area contributed by atoms with E-state index in [9.17, 15) is 20.1 Å². The van der Waals surface area contributed by atoms with Gasteiger partial charge in [0.2, 0.25) is 0 Å². The number of benzene rings is 3. The van der Waals surface area contributed by atoms with E-state index in [0.29, 0.717) is 18.6 Å². The zero-order chi connectivity index (χ0) is 25.2. The normalized spacial score (nSPS) is 23.3. The van der Waals surface area contributed by atoms with Crippen molar-refractivity contribution in [1.29, 1.82) is 0 Å². The monoisotopic (exact) mass is 524 g/mol. The van der Waals surface area contributed by atoms with Crippen LogP contribution in [0.3, 0.4) is 0 Å². The number of aryl methyl sites for hydroxylation is 1. The van der Waals surface area contributed by atoms with E-state index in [1.54, 1.807) is 19.2 Å². The fourth-order valence-electron chi connectivity index (χ4n) is 5.66. The minimum Gasteiger partial charge on any atom is -0.508 e. The number of aromatic hydroxyl groups is 2. The number of ether oxygens (including phenoxy) is 1. The Morgan fingerprint density at radius 2 is 1.83 bits per heavy atom. The van der Waals surface area contributed by atoms with Gasteiger partial charge in [-0.05, 0) is 83.7 Å². The SMILES string of the molecule is COc1c(O)ccc2c1-c1ccc3ccc(O)cc3c1[C@H]1CC[C@@H](CCCSS1)[C@@H](O)CC(=O)CC2. The largest absolute Gasteiger partial charge is 0.508 e. The van der Waals surface area contributed by atoms with Gasteiger partial charge < -0.3 is 20.1 Å². The van der Waals surface area contributed by atoms with Crippen molar-refractivity contribution in [3.05, 3.63) is 53.6 Å². The summed E-state index contributed by atoms with van der Waals surface area (Å²) in [6.45, 7) is 0. The standard InChI is InChI=1S/C29H32O5S2/c1-34-29-24(32)12-7-19-5-10-21(31)16-25(33)18-3-2-14-35-36-26(13-8-18)28-22(27(19)29)11-6-17-4-9-20(30)15-23(17)28/h4,6-7,9,11-12,15,18,25-26,30,32-33H,2-3,5,8,10,13-14,16H2,1H3/t18-,25+,26-/m1/s1. The van der Waals surface area contributed by atoms with Crippen molar-refractivity contribution in [2.75, 3.05) is 12.9 Å². The molecular weight excluding hydrogens is 492 g/mol. The summed E-state index contributed by atoms with van der Waals surface area (Å²) in [6, 6.07) is 13.1. The van der Waals surface area contributed by atoms with Gasteiger partial charge in [0.1, 0.15) is 11.5 Å². The number of carbonyl (C=O) groups is 1. The van der Waals surface area contributed by atoms with Crippen molar-refractivity contribution in [3.63, 3.8) is 0 Å². The number of hydrogen-bond donors (Lipinski definition) is 3. The molecule has 2 aliphatic rings. The number of ketones is 1. The topological polar surface area (TPSA) is 87.0 Å². The Kier molecular flexibility index (Phi) is 7.70. The van der Waals surface area contributed by atoms with E-state index in [1.807, 2.05) is 45.9 Å². The van der Waals surface area contributed by atoms with E-state index in [-0.39, 0.29) is 34.9 Å². The lowest BCUT2D eigenvalue weighted by Crippen LogP contribution is -2.24. The van der Waals surface area contributed by atoms with Gasteiger partial charge in [0.05, 0.1) is 13.2 Å². The number of aliphatic hydroxyl groups is 1. The molecule has 3 N–H and O–H groups in total. The average Bonchev–Trinajstić information content (AvgIpc) is 2.99. The molecule has 1 aliphatic heterocycles. The lowest BCUT2D eigenvalue weighted by atomic mass is 9.85. The smallest absolute Gasteiger partial charge is 0.168 e. The first kappa shape index (κ1) is 25.3. The van der Waals surface area contributed by atoms with E-state index in [0.717, 1.165) is 64.5 Å². The first-order chi connectivity index (χ1) is 17.5. The fraction of sp³-hybridized carbons (Fsp3) is 0.414. The summed E-state index contributed by atoms with van der Waals surface area (Å²) in [5.74, 6) is 1.79. The van der Waals surface area contributed by atoms with Crippen LogP contribution in [0.25, 0.3) is 21.9 Å². The van der Waals surface area contributed by atoms with Gasteiger partial charge >= 0.3 is 0 Å². The molecule has 0 radical (unpaired) electrons. The number of phenolic OH excluding ortho intramolecular Hbond substituents is 2. The number of methoxy groups -OCH3 is 1. The Bertz CT molecular complexity index is 1270. The van der Waals surface area contributed by atoms with E-state index in [2.05, 4.69) is 6.07 Å². The molecule has 0 saturated carbocycles. The van der Waals surface area contributed by atoms with Crippen molar-refractivity contribution >= 4 is 38.1 Å². The Labute approximate surface area is 219 Å². The van der Waals surface area contributed by atoms with Gasteiger partial charge in [-0.3, -0.25) is 4.79 Å². The molecule has 3 atom stereocenters. The molecule has 1 aliphatic carbocycles. The molecule has 0 aromatic heterocycles. The Hall–Kier alpha value is -2.35. The second-order valence-corrected chi connectivity index (χ2v) is 12.5. The molecule has 0 spiro atoms. The van der Waals surface area contributed by atoms with Crippen LogP contribution in [0.2, 0.25) is 0 Å². The summed E-state index contributed by atoms with van der Waals surface area (Å²) >= 11 is 0. The van der Waals surface area contributed by atoms with Gasteiger partial charge in [0.25, 0.3) is 0 Å². The average molecular weight is 525 g/mol. The highest BCUT2D eigenvalue weighted by Gasteiger charge is 2.30. The lowest BCUT2D eigenvalue weighted by molar-refractivity contribution is -0.121. The van der Waals surface area contributed by atoms with Gasteiger partial charge in [0.15, 0.2) is 11.5 Å². The number of rotatable bonds is 1. The van der Waals surface area contributed by atoms with Crippen molar-refractivity contribution < 1.29 is 24.9 Å². The highest BCUT2D eigenvalue weighted by atomic mass is 33.1. The molecule has 2 bridgehead atoms. The second kappa shape index (κ2) is 11.0. The molecule has 5 rings (SSSR count). The number of hydrogen-bond acceptors (Lipinski definition) is 7. The highest BCUT2D eigenvalue weighted by molar-refractivity contribution is 8.76. The van der Waals surface area contributed by atoms with Crippen molar-refractivity contribution in [2.24, 2.45) is 5.92 Å². The van der Waals surface area contributed by atoms with E-state index in [1.165, 1.54) is 0 Å². The van der Waals surface area contributed by atoms with Gasteiger partial charge in [-0.15, -0.1) is 0 Å². The van der Waals surface area contributed by atoms with Crippen LogP contribution in [-0.4, -0.2) is 40.1 Å². The number of carbonyl (C=O) groups excluding carboxylic acids is 1. The lowest BCUT2D eigenvalue weighted by Gasteiger charge is -2.26. The van der Waals surface area contributed by atoms with Crippen molar-refractivity contribution in [2.45, 2.75) is 56.3 Å². The molecule has 5 nitrogen and oxygen atoms in total. The fourth-order valence-corrected chi connectivity index (χ4v) is 8.50. The van der Waals surface area contributed by atoms with Crippen LogP contribution in [-0.2, 0) is 11.2 Å². The highest BCUT2D eigenvalue weighted by Crippen LogP contribution is 2.52. The molecular formula is C29H32O5S2. The Morgan fingerprint density at radius 1 is 1.00 bits per heavy atom. The van der Waals surface area contributed by atoms with Crippen LogP contribution in [0.1, 0.15) is 54.9 Å². The quantitative estimate of drug-likeness (QED) is 0.302.